The Labute approximate surface area is 574 Å². The molecule has 1 saturated heterocycles. The van der Waals surface area contributed by atoms with Crippen LogP contribution in [0.4, 0.5) is 4.79 Å². The summed E-state index contributed by atoms with van der Waals surface area (Å²) in [5, 5.41) is 0. The van der Waals surface area contributed by atoms with Gasteiger partial charge in [0.05, 0.1) is 85.9 Å². The predicted molar refractivity (Wildman–Crippen MR) is 379 cm³/mol. The average molecular weight is 1320 g/mol. The number of amides is 1. The number of ketones is 1. The molecule has 1 unspecified atom stereocenters. The molecule has 0 radical (unpaired) electrons. The number of hydrogen-bond donors (Lipinski definition) is 1. The standard InChI is InChI=1S/C82H113NO13/c1-4-5-6-7-8-9-10-11-14-17-20-35-46-75(90-58-69-47-51-73(86-2)52-48-69)77(91-62-70-49-53-74(87-3)54-50-70)71(56-72(84)45-34-19-16-13-12-15-18-21-36-55-89-82(83)85)63-95-81-80(94-61-68-43-32-25-33-44-68)79(93-60-67-41-30-24-31-42-67)78(92-59-66-39-28-23-29-40-66)76(96-81)64-88-57-65-37-26-22-27-38-65/h22-33,37-44,47-54,71,75-81H,4-21,34-36,45-46,55-64H2,1-3H3,(H2,83,85)/t71-,75+,76?,77-,78-,79-,80+,81-/m0/s1. The van der Waals surface area contributed by atoms with Crippen LogP contribution in [0.3, 0.4) is 0 Å². The molecule has 524 valence electrons. The van der Waals surface area contributed by atoms with Crippen molar-refractivity contribution in [1.82, 2.24) is 0 Å². The van der Waals surface area contributed by atoms with Gasteiger partial charge in [-0.15, -0.1) is 0 Å². The Bertz CT molecular complexity index is 2900. The van der Waals surface area contributed by atoms with Crippen molar-refractivity contribution in [2.24, 2.45) is 11.7 Å². The van der Waals surface area contributed by atoms with Crippen molar-refractivity contribution < 1.29 is 61.7 Å². The molecule has 2 N–H and O–H groups in total. The summed E-state index contributed by atoms with van der Waals surface area (Å²) < 4.78 is 73.3. The number of Topliss-reactive ketones (excluding diaryl/α,β-unsaturated/α-hetero) is 1. The van der Waals surface area contributed by atoms with E-state index in [0.717, 1.165) is 122 Å². The lowest BCUT2D eigenvalue weighted by Crippen LogP contribution is -2.62. The molecular weight excluding hydrogens is 1210 g/mol. The molecule has 1 heterocycles. The van der Waals surface area contributed by atoms with Gasteiger partial charge < -0.3 is 57.8 Å². The van der Waals surface area contributed by atoms with Gasteiger partial charge in [0, 0.05) is 18.8 Å². The van der Waals surface area contributed by atoms with Gasteiger partial charge in [-0.05, 0) is 76.9 Å². The summed E-state index contributed by atoms with van der Waals surface area (Å²) in [7, 11) is 3.35. The van der Waals surface area contributed by atoms with Crippen LogP contribution in [0.5, 0.6) is 11.5 Å². The van der Waals surface area contributed by atoms with Crippen molar-refractivity contribution in [1.29, 1.82) is 0 Å². The maximum atomic E-state index is 15.0. The highest BCUT2D eigenvalue weighted by Crippen LogP contribution is 2.35. The van der Waals surface area contributed by atoms with E-state index in [2.05, 4.69) is 43.3 Å². The van der Waals surface area contributed by atoms with Crippen LogP contribution in [-0.4, -0.2) is 88.8 Å². The number of carbonyl (C=O) groups excluding carboxylic acids is 2. The lowest BCUT2D eigenvalue weighted by Gasteiger charge is -2.46. The molecule has 1 fully saturated rings. The minimum absolute atomic E-state index is 0.0723. The highest BCUT2D eigenvalue weighted by molar-refractivity contribution is 5.78. The molecule has 8 atom stereocenters. The molecule has 14 nitrogen and oxygen atoms in total. The van der Waals surface area contributed by atoms with Crippen LogP contribution in [0.2, 0.25) is 0 Å². The first kappa shape index (κ1) is 76.9. The van der Waals surface area contributed by atoms with E-state index in [1.807, 2.05) is 133 Å². The maximum Gasteiger partial charge on any atom is 0.404 e. The normalized spacial score (nSPS) is 17.2. The van der Waals surface area contributed by atoms with E-state index in [1.54, 1.807) is 14.2 Å². The highest BCUT2D eigenvalue weighted by Gasteiger charge is 2.50. The smallest absolute Gasteiger partial charge is 0.404 e. The summed E-state index contributed by atoms with van der Waals surface area (Å²) >= 11 is 0. The van der Waals surface area contributed by atoms with Crippen LogP contribution in [0.25, 0.3) is 0 Å². The van der Waals surface area contributed by atoms with Crippen molar-refractivity contribution in [3.63, 3.8) is 0 Å². The highest BCUT2D eigenvalue weighted by atomic mass is 16.7. The van der Waals surface area contributed by atoms with Crippen molar-refractivity contribution in [3.05, 3.63) is 203 Å². The number of unbranched alkanes of at least 4 members (excludes halogenated alkanes) is 19. The van der Waals surface area contributed by atoms with Crippen LogP contribution < -0.4 is 15.2 Å². The molecule has 1 aliphatic heterocycles. The molecule has 0 spiro atoms. The van der Waals surface area contributed by atoms with Gasteiger partial charge in [-0.25, -0.2) is 4.79 Å². The zero-order valence-corrected chi connectivity index (χ0v) is 58.0. The summed E-state index contributed by atoms with van der Waals surface area (Å²) in [6, 6.07) is 56.5. The number of nitrogens with two attached hydrogens (primary N) is 1. The zero-order chi connectivity index (χ0) is 67.3. The summed E-state index contributed by atoms with van der Waals surface area (Å²) in [5.41, 5.74) is 11.1. The van der Waals surface area contributed by atoms with Gasteiger partial charge in [0.1, 0.15) is 41.7 Å². The van der Waals surface area contributed by atoms with Crippen molar-refractivity contribution in [2.45, 2.75) is 244 Å². The Morgan fingerprint density at radius 3 is 1.33 bits per heavy atom. The SMILES string of the molecule is CCCCCCCCCCCCCC[C@@H](OCc1ccc(OC)cc1)[C@@H](OCc1ccc(OC)cc1)[C@H](CO[C@H]1OC(COCc2ccccc2)[C@H](OCc2ccccc2)[C@H](OCc2ccccc2)[C@H]1OCc1ccccc1)CC(=O)CCCCCCCCCCCOC(N)=O. The molecule has 0 aromatic heterocycles. The minimum atomic E-state index is -1.02. The summed E-state index contributed by atoms with van der Waals surface area (Å²) in [4.78, 5) is 26.0. The van der Waals surface area contributed by atoms with Crippen LogP contribution in [0, 0.1) is 5.92 Å². The quantitative estimate of drug-likeness (QED) is 0.0360. The van der Waals surface area contributed by atoms with E-state index in [9.17, 15) is 9.59 Å². The third kappa shape index (κ3) is 30.5. The third-order valence-corrected chi connectivity index (χ3v) is 18.0. The number of benzene rings is 6. The number of hydrogen-bond acceptors (Lipinski definition) is 13. The molecular formula is C82H113NO13. The van der Waals surface area contributed by atoms with Gasteiger partial charge in [0.2, 0.25) is 0 Å². The lowest BCUT2D eigenvalue weighted by molar-refractivity contribution is -0.331. The van der Waals surface area contributed by atoms with Gasteiger partial charge in [0.15, 0.2) is 6.29 Å². The number of primary amides is 1. The van der Waals surface area contributed by atoms with Gasteiger partial charge in [0.25, 0.3) is 0 Å². The zero-order valence-electron chi connectivity index (χ0n) is 58.0. The monoisotopic (exact) mass is 1320 g/mol. The van der Waals surface area contributed by atoms with E-state index in [-0.39, 0.29) is 51.8 Å². The molecule has 6 aromatic carbocycles. The summed E-state index contributed by atoms with van der Waals surface area (Å²) in [5.74, 6) is 1.17. The maximum absolute atomic E-state index is 15.0. The molecule has 96 heavy (non-hydrogen) atoms. The summed E-state index contributed by atoms with van der Waals surface area (Å²) in [6.07, 6.45) is 19.4. The Balaban J connectivity index is 1.21. The molecule has 14 heteroatoms. The summed E-state index contributed by atoms with van der Waals surface area (Å²) in [6.45, 7) is 4.62. The molecule has 1 amide bonds. The van der Waals surface area contributed by atoms with Gasteiger partial charge >= 0.3 is 6.09 Å². The minimum Gasteiger partial charge on any atom is -0.497 e. The number of ether oxygens (including phenoxy) is 11. The van der Waals surface area contributed by atoms with Crippen LogP contribution in [0.1, 0.15) is 194 Å². The largest absolute Gasteiger partial charge is 0.497 e. The number of carbonyl (C=O) groups is 2. The van der Waals surface area contributed by atoms with Crippen LogP contribution in [0.15, 0.2) is 170 Å². The molecule has 0 saturated carbocycles. The second kappa shape index (κ2) is 47.5. The van der Waals surface area contributed by atoms with Crippen molar-refractivity contribution in [2.75, 3.05) is 34.0 Å². The second-order valence-corrected chi connectivity index (χ2v) is 25.8. The van der Waals surface area contributed by atoms with Crippen molar-refractivity contribution in [3.8, 4) is 11.5 Å². The predicted octanol–water partition coefficient (Wildman–Crippen LogP) is 18.6. The van der Waals surface area contributed by atoms with E-state index in [0.29, 0.717) is 32.7 Å². The first-order chi connectivity index (χ1) is 47.3. The fourth-order valence-electron chi connectivity index (χ4n) is 12.5. The fraction of sp³-hybridized carbons (Fsp3) is 0.537. The van der Waals surface area contributed by atoms with E-state index >= 15 is 0 Å². The Morgan fingerprint density at radius 1 is 0.438 bits per heavy atom. The first-order valence-electron chi connectivity index (χ1n) is 36.1. The Hall–Kier alpha value is -6.46. The van der Waals surface area contributed by atoms with E-state index < -0.39 is 54.9 Å². The Kier molecular flexibility index (Phi) is 38.0. The molecule has 0 bridgehead atoms. The molecule has 1 aliphatic rings. The van der Waals surface area contributed by atoms with Crippen LogP contribution >= 0.6 is 0 Å². The van der Waals surface area contributed by atoms with Gasteiger partial charge in [-0.1, -0.05) is 275 Å². The van der Waals surface area contributed by atoms with Crippen molar-refractivity contribution >= 4 is 11.9 Å². The van der Waals surface area contributed by atoms with E-state index in [4.69, 9.17) is 57.8 Å². The average Bonchev–Trinajstić information content (AvgIpc) is 0.792. The second-order valence-electron chi connectivity index (χ2n) is 25.8. The molecule has 7 rings (SSSR count). The third-order valence-electron chi connectivity index (χ3n) is 18.0. The van der Waals surface area contributed by atoms with Crippen LogP contribution in [-0.2, 0) is 87.1 Å². The number of methoxy groups -OCH3 is 2. The topological polar surface area (TPSA) is 162 Å². The molecule has 0 aliphatic carbocycles. The first-order valence-corrected chi connectivity index (χ1v) is 36.1. The van der Waals surface area contributed by atoms with Gasteiger partial charge in [-0.3, -0.25) is 4.79 Å². The van der Waals surface area contributed by atoms with Gasteiger partial charge in [-0.2, -0.15) is 0 Å². The fourth-order valence-corrected chi connectivity index (χ4v) is 12.5. The molecule has 6 aromatic rings. The Morgan fingerprint density at radius 2 is 0.854 bits per heavy atom. The van der Waals surface area contributed by atoms with E-state index in [1.165, 1.54) is 57.8 Å². The number of rotatable bonds is 53. The lowest BCUT2D eigenvalue weighted by atomic mass is 9.89.